The van der Waals surface area contributed by atoms with Gasteiger partial charge in [0.2, 0.25) is 0 Å². The first-order valence-electron chi connectivity index (χ1n) is 6.73. The summed E-state index contributed by atoms with van der Waals surface area (Å²) in [5.41, 5.74) is 0.950. The molecule has 0 saturated carbocycles. The number of carbonyl (C=O) groups is 1. The number of hydrogen-bond acceptors (Lipinski definition) is 4. The first kappa shape index (κ1) is 16.0. The highest BCUT2D eigenvalue weighted by atomic mass is 79.9. The van der Waals surface area contributed by atoms with E-state index in [0.717, 1.165) is 28.6 Å². The highest BCUT2D eigenvalue weighted by Crippen LogP contribution is 2.32. The number of carboxylic acids is 1. The smallest absolute Gasteiger partial charge is 0.355 e. The minimum atomic E-state index is -1.01. The summed E-state index contributed by atoms with van der Waals surface area (Å²) in [6.07, 6.45) is 3.37. The molecule has 2 aromatic rings. The van der Waals surface area contributed by atoms with Gasteiger partial charge in [-0.1, -0.05) is 19.8 Å². The van der Waals surface area contributed by atoms with Crippen LogP contribution in [0.25, 0.3) is 10.6 Å². The van der Waals surface area contributed by atoms with Gasteiger partial charge in [0.25, 0.3) is 0 Å². The molecule has 0 amide bonds. The minimum Gasteiger partial charge on any atom is -0.492 e. The van der Waals surface area contributed by atoms with Gasteiger partial charge < -0.3 is 9.84 Å². The number of unbranched alkanes of at least 4 members (excludes halogenated alkanes) is 2. The lowest BCUT2D eigenvalue weighted by Crippen LogP contribution is -1.98. The fraction of sp³-hybridized carbons (Fsp3) is 0.333. The maximum atomic E-state index is 10.9. The predicted molar refractivity (Wildman–Crippen MR) is 87.2 cm³/mol. The van der Waals surface area contributed by atoms with Crippen molar-refractivity contribution >= 4 is 33.2 Å². The van der Waals surface area contributed by atoms with E-state index >= 15 is 0 Å². The highest BCUT2D eigenvalue weighted by molar-refractivity contribution is 9.10. The zero-order valence-corrected chi connectivity index (χ0v) is 14.0. The van der Waals surface area contributed by atoms with E-state index in [4.69, 9.17) is 9.84 Å². The van der Waals surface area contributed by atoms with Crippen LogP contribution in [0.1, 0.15) is 36.7 Å². The molecule has 0 aliphatic rings. The molecular formula is C15H16BrNO3S. The first-order chi connectivity index (χ1) is 10.1. The van der Waals surface area contributed by atoms with Crippen molar-refractivity contribution in [3.63, 3.8) is 0 Å². The zero-order chi connectivity index (χ0) is 15.2. The van der Waals surface area contributed by atoms with Crippen LogP contribution in [0.5, 0.6) is 5.75 Å². The molecule has 1 aromatic heterocycles. The third-order valence-electron chi connectivity index (χ3n) is 2.91. The molecule has 0 bridgehead atoms. The van der Waals surface area contributed by atoms with Crippen molar-refractivity contribution in [1.82, 2.24) is 4.98 Å². The Labute approximate surface area is 135 Å². The number of aromatic carboxylic acids is 1. The van der Waals surface area contributed by atoms with Crippen LogP contribution in [0.2, 0.25) is 0 Å². The van der Waals surface area contributed by atoms with Crippen LogP contribution in [0, 0.1) is 0 Å². The van der Waals surface area contributed by atoms with E-state index in [1.165, 1.54) is 17.8 Å². The Morgan fingerprint density at radius 3 is 2.86 bits per heavy atom. The molecule has 0 aliphatic carbocycles. The molecule has 0 fully saturated rings. The molecule has 1 heterocycles. The summed E-state index contributed by atoms with van der Waals surface area (Å²) in [4.78, 5) is 14.9. The number of rotatable bonds is 7. The number of aromatic nitrogens is 1. The van der Waals surface area contributed by atoms with Crippen LogP contribution < -0.4 is 4.74 Å². The zero-order valence-electron chi connectivity index (χ0n) is 11.6. The van der Waals surface area contributed by atoms with Crippen LogP contribution in [-0.4, -0.2) is 22.7 Å². The maximum Gasteiger partial charge on any atom is 0.355 e. The third kappa shape index (κ3) is 4.28. The third-order valence-corrected chi connectivity index (χ3v) is 4.42. The molecule has 0 aliphatic heterocycles. The number of halogens is 1. The molecule has 0 atom stereocenters. The molecule has 0 spiro atoms. The molecule has 1 N–H and O–H groups in total. The van der Waals surface area contributed by atoms with E-state index < -0.39 is 5.97 Å². The lowest BCUT2D eigenvalue weighted by molar-refractivity contribution is 0.0691. The van der Waals surface area contributed by atoms with Crippen molar-refractivity contribution in [3.05, 3.63) is 33.7 Å². The van der Waals surface area contributed by atoms with Crippen LogP contribution in [-0.2, 0) is 0 Å². The molecule has 112 valence electrons. The maximum absolute atomic E-state index is 10.9. The molecule has 4 nitrogen and oxygen atoms in total. The van der Waals surface area contributed by atoms with Crippen LogP contribution in [0.4, 0.5) is 0 Å². The average molecular weight is 370 g/mol. The number of carboxylic acid groups (broad SMARTS) is 1. The van der Waals surface area contributed by atoms with Crippen LogP contribution in [0.3, 0.4) is 0 Å². The lowest BCUT2D eigenvalue weighted by atomic mass is 10.2. The van der Waals surface area contributed by atoms with E-state index in [2.05, 4.69) is 27.8 Å². The Morgan fingerprint density at radius 2 is 2.24 bits per heavy atom. The number of nitrogens with zero attached hydrogens (tertiary/aromatic N) is 1. The Balaban J connectivity index is 2.08. The van der Waals surface area contributed by atoms with E-state index in [0.29, 0.717) is 11.6 Å². The topological polar surface area (TPSA) is 59.4 Å². The minimum absolute atomic E-state index is 0.0750. The van der Waals surface area contributed by atoms with Gasteiger partial charge in [-0.3, -0.25) is 0 Å². The van der Waals surface area contributed by atoms with Gasteiger partial charge in [0.05, 0.1) is 11.1 Å². The molecule has 0 radical (unpaired) electrons. The number of ether oxygens (including phenoxy) is 1. The summed E-state index contributed by atoms with van der Waals surface area (Å²) in [5.74, 6) is -0.211. The van der Waals surface area contributed by atoms with Gasteiger partial charge in [-0.2, -0.15) is 0 Å². The summed E-state index contributed by atoms with van der Waals surface area (Å²) in [6, 6.07) is 5.68. The molecule has 2 rings (SSSR count). The van der Waals surface area contributed by atoms with Crippen LogP contribution >= 0.6 is 27.3 Å². The number of thiazole rings is 1. The molecular weight excluding hydrogens is 354 g/mol. The van der Waals surface area contributed by atoms with E-state index in [-0.39, 0.29) is 5.69 Å². The van der Waals surface area contributed by atoms with Crippen molar-refractivity contribution < 1.29 is 14.6 Å². The number of benzene rings is 1. The second kappa shape index (κ2) is 7.56. The molecule has 6 heteroatoms. The van der Waals surface area contributed by atoms with Gasteiger partial charge in [0, 0.05) is 10.9 Å². The van der Waals surface area contributed by atoms with E-state index in [1.807, 2.05) is 18.2 Å². The molecule has 1 aromatic carbocycles. The fourth-order valence-corrected chi connectivity index (χ4v) is 3.07. The van der Waals surface area contributed by atoms with Crippen molar-refractivity contribution in [3.8, 4) is 16.3 Å². The first-order valence-corrected chi connectivity index (χ1v) is 8.40. The molecule has 0 saturated heterocycles. The summed E-state index contributed by atoms with van der Waals surface area (Å²) >= 11 is 4.80. The normalized spacial score (nSPS) is 10.6. The van der Waals surface area contributed by atoms with Gasteiger partial charge in [-0.25, -0.2) is 9.78 Å². The summed E-state index contributed by atoms with van der Waals surface area (Å²) in [6.45, 7) is 2.86. The van der Waals surface area contributed by atoms with Gasteiger partial charge in [0.15, 0.2) is 5.69 Å². The lowest BCUT2D eigenvalue weighted by Gasteiger charge is -2.08. The predicted octanol–water partition coefficient (Wildman–Crippen LogP) is 4.84. The Hall–Kier alpha value is -1.40. The van der Waals surface area contributed by atoms with Gasteiger partial charge in [0.1, 0.15) is 10.8 Å². The fourth-order valence-electron chi connectivity index (χ4n) is 1.79. The van der Waals surface area contributed by atoms with Gasteiger partial charge >= 0.3 is 5.97 Å². The highest BCUT2D eigenvalue weighted by Gasteiger charge is 2.11. The summed E-state index contributed by atoms with van der Waals surface area (Å²) in [7, 11) is 0. The standard InChI is InChI=1S/C15H16BrNO3S/c1-2-3-4-7-20-13-6-5-10(8-11(13)16)14-17-12(9-21-14)15(18)19/h5-6,8-9H,2-4,7H2,1H3,(H,18,19). The van der Waals surface area contributed by atoms with Crippen molar-refractivity contribution in [2.24, 2.45) is 0 Å². The van der Waals surface area contributed by atoms with Gasteiger partial charge in [-0.15, -0.1) is 11.3 Å². The SMILES string of the molecule is CCCCCOc1ccc(-c2nc(C(=O)O)cs2)cc1Br. The second-order valence-electron chi connectivity index (χ2n) is 4.54. The summed E-state index contributed by atoms with van der Waals surface area (Å²) in [5, 5.41) is 11.1. The van der Waals surface area contributed by atoms with Crippen molar-refractivity contribution in [1.29, 1.82) is 0 Å². The quantitative estimate of drug-likeness (QED) is 0.709. The summed E-state index contributed by atoms with van der Waals surface area (Å²) < 4.78 is 6.57. The second-order valence-corrected chi connectivity index (χ2v) is 6.26. The van der Waals surface area contributed by atoms with Crippen LogP contribution in [0.15, 0.2) is 28.1 Å². The number of hydrogen-bond donors (Lipinski definition) is 1. The largest absolute Gasteiger partial charge is 0.492 e. The molecule has 0 unspecified atom stereocenters. The molecule has 21 heavy (non-hydrogen) atoms. The van der Waals surface area contributed by atoms with Crippen molar-refractivity contribution in [2.45, 2.75) is 26.2 Å². The van der Waals surface area contributed by atoms with E-state index in [1.54, 1.807) is 5.38 Å². The Morgan fingerprint density at radius 1 is 1.43 bits per heavy atom. The van der Waals surface area contributed by atoms with Crippen molar-refractivity contribution in [2.75, 3.05) is 6.61 Å². The van der Waals surface area contributed by atoms with Gasteiger partial charge in [-0.05, 0) is 40.5 Å². The Bertz CT molecular complexity index is 627. The monoisotopic (exact) mass is 369 g/mol. The Kier molecular flexibility index (Phi) is 5.76. The van der Waals surface area contributed by atoms with E-state index in [9.17, 15) is 4.79 Å². The average Bonchev–Trinajstić information content (AvgIpc) is 2.95.